The van der Waals surface area contributed by atoms with Crippen LogP contribution >= 0.6 is 0 Å². The predicted molar refractivity (Wildman–Crippen MR) is 216 cm³/mol. The maximum Gasteiger partial charge on any atom is 0.414 e. The Morgan fingerprint density at radius 2 is 1.47 bits per heavy atom. The lowest BCUT2D eigenvalue weighted by Gasteiger charge is -2.23. The molecule has 2 aliphatic rings. The quantitative estimate of drug-likeness (QED) is 0.108. The number of rotatable bonds is 2. The standard InChI is InChI=1S/C19H21N5O6.C17H17N5O3.2CH4.H2/c1-2-28-19(25)23-12-13-15(7-6-8-21-13)29-9-4-3-5-10-30-16-11-14(23)17(24(26)27)18(20)22-16;18-16-15-12-9-14(20-16)25-8-3-1-2-7-24-13-5-4-6-19-11(13)10-22(12)17(23)21-15;;;/h3-4,6-8,11H,2,5,9-10,12H2,1H3,(H2,20,22);1-2,4-6,9H,3,7-8,10H2,(H2,18,20)(H,21,23);2*1H4;1H/b4-3+;2-1+;;;/i;;;;1+2. The Labute approximate surface area is 329 Å². The van der Waals surface area contributed by atoms with E-state index in [9.17, 15) is 19.7 Å². The largest absolute Gasteiger partial charge is 0.488 e. The first-order valence-corrected chi connectivity index (χ1v) is 17.2. The highest BCUT2D eigenvalue weighted by Gasteiger charge is 2.31. The van der Waals surface area contributed by atoms with Crippen molar-refractivity contribution >= 4 is 40.1 Å². The molecule has 0 saturated heterocycles. The number of anilines is 3. The Bertz CT molecular complexity index is 2300. The lowest BCUT2D eigenvalue weighted by Crippen LogP contribution is -2.32. The van der Waals surface area contributed by atoms with Crippen molar-refractivity contribution in [2.45, 2.75) is 47.7 Å². The zero-order chi connectivity index (χ0) is 38.7. The van der Waals surface area contributed by atoms with Crippen LogP contribution in [0.4, 0.5) is 27.8 Å². The highest BCUT2D eigenvalue weighted by atomic mass is 16.6. The Morgan fingerprint density at radius 3 is 2.07 bits per heavy atom. The number of imidazole rings is 1. The molecule has 7 heterocycles. The van der Waals surface area contributed by atoms with Gasteiger partial charge in [0.1, 0.15) is 47.3 Å². The van der Waals surface area contributed by atoms with Crippen molar-refractivity contribution in [1.29, 1.82) is 0 Å². The molecule has 304 valence electrons. The summed E-state index contributed by atoms with van der Waals surface area (Å²) in [5.74, 6) is 1.38. The van der Waals surface area contributed by atoms with E-state index in [1.165, 1.54) is 12.3 Å². The number of fused-ring (bicyclic) bond motifs is 5. The monoisotopic (exact) mass is 790 g/mol. The van der Waals surface area contributed by atoms with Gasteiger partial charge in [0, 0.05) is 26.0 Å². The fourth-order valence-corrected chi connectivity index (χ4v) is 5.58. The number of H-pyrrole nitrogens is 1. The van der Waals surface area contributed by atoms with E-state index in [1.807, 2.05) is 30.4 Å². The van der Waals surface area contributed by atoms with E-state index in [-0.39, 0.29) is 78.1 Å². The maximum absolute atomic E-state index is 12.7. The first-order chi connectivity index (χ1) is 26.7. The topological polar surface area (TPSA) is 251 Å². The van der Waals surface area contributed by atoms with Crippen LogP contribution in [0.2, 0.25) is 0 Å². The molecular weight excluding hydrogens is 740 g/mol. The van der Waals surface area contributed by atoms with Crippen molar-refractivity contribution in [2.75, 3.05) is 49.4 Å². The number of aromatic amines is 1. The highest BCUT2D eigenvalue weighted by molar-refractivity contribution is 5.93. The van der Waals surface area contributed by atoms with Crippen LogP contribution in [-0.4, -0.2) is 73.5 Å². The summed E-state index contributed by atoms with van der Waals surface area (Å²) in [6, 6.07) is 10.0. The fourth-order valence-electron chi connectivity index (χ4n) is 5.58. The highest BCUT2D eigenvalue weighted by Crippen LogP contribution is 2.37. The molecule has 0 aromatic carbocycles. The molecule has 0 saturated carbocycles. The first kappa shape index (κ1) is 42.6. The van der Waals surface area contributed by atoms with Crippen molar-refractivity contribution in [3.8, 4) is 23.3 Å². The number of nitrogens with two attached hydrogens (primary N) is 2. The van der Waals surface area contributed by atoms with Crippen molar-refractivity contribution in [2.24, 2.45) is 0 Å². The molecule has 5 aromatic rings. The van der Waals surface area contributed by atoms with Crippen LogP contribution < -0.4 is 41.0 Å². The molecule has 5 N–H and O–H groups in total. The first-order valence-electron chi connectivity index (χ1n) is 17.2. The zero-order valence-corrected chi connectivity index (χ0v) is 29.8. The number of carbonyl (C=O) groups is 1. The number of pyridine rings is 4. The molecule has 19 heteroatoms. The SMILES string of the molecule is C.C.CCOC(=O)N1Cc2ncccc2OC/C=C/CCOc2cc1c([N+](=O)[O-])c(N)n2.Nc1nc2cc3c1[nH]c(=O)n3Cc1ncccc1OC/C=C/CCO2.[3HH]. The van der Waals surface area contributed by atoms with E-state index in [4.69, 9.17) is 35.2 Å². The number of ether oxygens (including phenoxy) is 5. The van der Waals surface area contributed by atoms with E-state index < -0.39 is 16.7 Å². The zero-order valence-electron chi connectivity index (χ0n) is 29.8. The second-order valence-corrected chi connectivity index (χ2v) is 11.7. The van der Waals surface area contributed by atoms with Crippen LogP contribution in [-0.2, 0) is 17.8 Å². The number of hydrogen-bond acceptors (Lipinski definition) is 15. The van der Waals surface area contributed by atoms with Crippen LogP contribution in [0.15, 0.2) is 77.9 Å². The molecular formula is C38H48N10O9. The van der Waals surface area contributed by atoms with Gasteiger partial charge in [-0.3, -0.25) is 29.5 Å². The number of aromatic nitrogens is 6. The van der Waals surface area contributed by atoms with Gasteiger partial charge in [0.25, 0.3) is 0 Å². The van der Waals surface area contributed by atoms with Crippen LogP contribution in [0.1, 0.15) is 47.4 Å². The number of amides is 1. The molecule has 0 unspecified atom stereocenters. The lowest BCUT2D eigenvalue weighted by atomic mass is 10.2. The lowest BCUT2D eigenvalue weighted by molar-refractivity contribution is -0.383. The number of hydrogen-bond donors (Lipinski definition) is 3. The Balaban J connectivity index is 0.000000299. The summed E-state index contributed by atoms with van der Waals surface area (Å²) >= 11 is 0. The molecule has 0 spiro atoms. The third kappa shape index (κ3) is 10.3. The summed E-state index contributed by atoms with van der Waals surface area (Å²) in [6.07, 6.45) is 11.3. The van der Waals surface area contributed by atoms with Crippen LogP contribution in [0, 0.1) is 10.1 Å². The smallest absolute Gasteiger partial charge is 0.414 e. The molecule has 0 atom stereocenters. The molecule has 57 heavy (non-hydrogen) atoms. The average Bonchev–Trinajstić information content (AvgIpc) is 3.48. The van der Waals surface area contributed by atoms with Crippen molar-refractivity contribution < 1.29 is 34.8 Å². The molecule has 5 aromatic heterocycles. The minimum Gasteiger partial charge on any atom is -0.488 e. The summed E-state index contributed by atoms with van der Waals surface area (Å²) in [6.45, 7) is 3.24. The molecule has 0 aliphatic carbocycles. The van der Waals surface area contributed by atoms with Gasteiger partial charge in [-0.25, -0.2) is 9.59 Å². The van der Waals surface area contributed by atoms with E-state index in [0.29, 0.717) is 65.9 Å². The minimum absolute atomic E-state index is 0. The summed E-state index contributed by atoms with van der Waals surface area (Å²) in [5, 5.41) is 11.7. The summed E-state index contributed by atoms with van der Waals surface area (Å²) in [4.78, 5) is 56.7. The number of nitrogens with one attached hydrogen (secondary N) is 1. The fraction of sp³-hybridized carbons (Fsp3) is 0.316. The Hall–Kier alpha value is -7.18. The molecule has 19 nitrogen and oxygen atoms in total. The molecule has 0 radical (unpaired) electrons. The minimum atomic E-state index is -0.805. The van der Waals surface area contributed by atoms with Gasteiger partial charge in [0.05, 0.1) is 43.4 Å². The molecule has 4 bridgehead atoms. The summed E-state index contributed by atoms with van der Waals surface area (Å²) < 4.78 is 29.4. The second-order valence-electron chi connectivity index (χ2n) is 11.7. The number of nitrogen functional groups attached to an aromatic ring is 2. The number of carbonyl (C=O) groups excluding carboxylic acids is 1. The summed E-state index contributed by atoms with van der Waals surface area (Å²) in [7, 11) is 0. The number of nitro groups is 1. The molecule has 1 amide bonds. The summed E-state index contributed by atoms with van der Waals surface area (Å²) in [5.41, 5.74) is 13.1. The van der Waals surface area contributed by atoms with E-state index in [1.54, 1.807) is 42.0 Å². The van der Waals surface area contributed by atoms with Gasteiger partial charge in [-0.1, -0.05) is 39.2 Å². The third-order valence-electron chi connectivity index (χ3n) is 8.09. The van der Waals surface area contributed by atoms with Crippen LogP contribution in [0.5, 0.6) is 23.3 Å². The van der Waals surface area contributed by atoms with Crippen LogP contribution in [0.3, 0.4) is 0 Å². The average molecular weight is 791 g/mol. The Kier molecular flexibility index (Phi) is 14.9. The van der Waals surface area contributed by atoms with Crippen molar-refractivity contribution in [1.82, 2.24) is 29.5 Å². The van der Waals surface area contributed by atoms with Gasteiger partial charge in [-0.2, -0.15) is 9.97 Å². The van der Waals surface area contributed by atoms with Gasteiger partial charge in [-0.05, 0) is 44.0 Å². The normalized spacial score (nSPS) is 14.9. The van der Waals surface area contributed by atoms with Gasteiger partial charge < -0.3 is 40.1 Å². The van der Waals surface area contributed by atoms with Crippen molar-refractivity contribution in [3.63, 3.8) is 0 Å². The van der Waals surface area contributed by atoms with Gasteiger partial charge in [-0.15, -0.1) is 0 Å². The number of nitrogens with zero attached hydrogens (tertiary/aromatic N) is 7. The van der Waals surface area contributed by atoms with E-state index in [0.717, 1.165) is 4.90 Å². The molecule has 7 rings (SSSR count). The predicted octanol–water partition coefficient (Wildman–Crippen LogP) is 5.83. The third-order valence-corrected chi connectivity index (χ3v) is 8.09. The van der Waals surface area contributed by atoms with E-state index in [2.05, 4.69) is 24.9 Å². The Morgan fingerprint density at radius 1 is 0.895 bits per heavy atom. The van der Waals surface area contributed by atoms with Crippen LogP contribution in [0.25, 0.3) is 11.0 Å². The van der Waals surface area contributed by atoms with Crippen molar-refractivity contribution in [3.05, 3.63) is 105 Å². The molecule has 0 fully saturated rings. The van der Waals surface area contributed by atoms with Gasteiger partial charge in [0.2, 0.25) is 17.6 Å². The maximum atomic E-state index is 12.7. The van der Waals surface area contributed by atoms with Gasteiger partial charge in [0.15, 0.2) is 5.82 Å². The van der Waals surface area contributed by atoms with E-state index >= 15 is 0 Å². The molecule has 2 aliphatic heterocycles. The van der Waals surface area contributed by atoms with Gasteiger partial charge >= 0.3 is 17.5 Å². The second kappa shape index (κ2) is 19.9.